The lowest BCUT2D eigenvalue weighted by molar-refractivity contribution is 0.0321. The summed E-state index contributed by atoms with van der Waals surface area (Å²) in [5.74, 6) is -0.572. The monoisotopic (exact) mass is 593 g/mol. The molecule has 0 bridgehead atoms. The van der Waals surface area contributed by atoms with Gasteiger partial charge in [0.2, 0.25) is 11.3 Å². The number of H-pyrrole nitrogens is 1. The number of aromatic nitrogens is 3. The van der Waals surface area contributed by atoms with Gasteiger partial charge in [0.15, 0.2) is 11.6 Å². The van der Waals surface area contributed by atoms with Crippen molar-refractivity contribution in [3.63, 3.8) is 0 Å². The number of nitrogens with zero attached hydrogens (tertiary/aromatic N) is 3. The van der Waals surface area contributed by atoms with Crippen LogP contribution in [0.4, 0.5) is 10.1 Å². The van der Waals surface area contributed by atoms with E-state index in [1.54, 1.807) is 48.9 Å². The topological polar surface area (TPSA) is 119 Å². The Labute approximate surface area is 253 Å². The molecule has 222 valence electrons. The van der Waals surface area contributed by atoms with Gasteiger partial charge in [0.05, 0.1) is 24.1 Å². The Hall–Kier alpha value is -5.07. The molecule has 1 fully saturated rings. The SMILES string of the molecule is Bc1c(OCCN2CCOCC2)ncc2c(Oc3ccc(NC(=O)c4c[nH]cc(-c5ccccc5)c4=O)cc3F)ccnc12. The maximum Gasteiger partial charge on any atom is 0.261 e. The van der Waals surface area contributed by atoms with E-state index in [9.17, 15) is 9.59 Å². The number of hydrogen-bond donors (Lipinski definition) is 2. The molecule has 2 aromatic carbocycles. The quantitative estimate of drug-likeness (QED) is 0.251. The van der Waals surface area contributed by atoms with Crippen LogP contribution in [0.1, 0.15) is 10.4 Å². The van der Waals surface area contributed by atoms with Crippen LogP contribution in [0.3, 0.4) is 0 Å². The summed E-state index contributed by atoms with van der Waals surface area (Å²) in [6, 6.07) is 14.7. The zero-order valence-corrected chi connectivity index (χ0v) is 24.0. The molecule has 0 aliphatic carbocycles. The summed E-state index contributed by atoms with van der Waals surface area (Å²) >= 11 is 0. The van der Waals surface area contributed by atoms with Crippen molar-refractivity contribution in [2.75, 3.05) is 44.8 Å². The van der Waals surface area contributed by atoms with Crippen LogP contribution in [0.5, 0.6) is 17.4 Å². The molecule has 1 aliphatic rings. The highest BCUT2D eigenvalue weighted by molar-refractivity contribution is 6.40. The summed E-state index contributed by atoms with van der Waals surface area (Å²) in [5, 5.41) is 3.19. The van der Waals surface area contributed by atoms with Crippen molar-refractivity contribution in [3.05, 3.63) is 101 Å². The van der Waals surface area contributed by atoms with E-state index in [-0.39, 0.29) is 17.0 Å². The van der Waals surface area contributed by atoms with Crippen LogP contribution in [-0.4, -0.2) is 73.1 Å². The fraction of sp³-hybridized carbons (Fsp3) is 0.188. The minimum atomic E-state index is -0.701. The molecule has 1 aliphatic heterocycles. The third-order valence-corrected chi connectivity index (χ3v) is 7.37. The fourth-order valence-electron chi connectivity index (χ4n) is 4.99. The Bertz CT molecular complexity index is 1860. The second-order valence-electron chi connectivity index (χ2n) is 10.2. The van der Waals surface area contributed by atoms with Crippen LogP contribution < -0.4 is 25.7 Å². The molecule has 4 heterocycles. The predicted octanol–water partition coefficient (Wildman–Crippen LogP) is 3.14. The first kappa shape index (κ1) is 29.0. The molecular weight excluding hydrogens is 564 g/mol. The number of morpholine rings is 1. The van der Waals surface area contributed by atoms with Gasteiger partial charge in [-0.25, -0.2) is 9.37 Å². The standard InChI is InChI=1S/C32H29BFN5O5/c33-28-29-23(19-37-32(28)43-15-12-39-10-13-42-14-11-39)26(8-9-36-29)44-27-7-6-21(16-25(27)34)38-31(41)24-18-35-17-22(30(24)40)20-4-2-1-3-5-20/h1-9,16-19H,10-15,33H2,(H,35,40)(H,38,41). The number of carbonyl (C=O) groups is 1. The number of amides is 1. The molecular formula is C32H29BFN5O5. The molecule has 5 aromatic rings. The zero-order chi connectivity index (χ0) is 30.5. The smallest absolute Gasteiger partial charge is 0.261 e. The highest BCUT2D eigenvalue weighted by atomic mass is 19.1. The summed E-state index contributed by atoms with van der Waals surface area (Å²) in [5.41, 5.74) is 2.05. The van der Waals surface area contributed by atoms with Crippen LogP contribution in [0.15, 0.2) is 84.2 Å². The number of anilines is 1. The van der Waals surface area contributed by atoms with Gasteiger partial charge in [-0.15, -0.1) is 0 Å². The van der Waals surface area contributed by atoms with Crippen LogP contribution in [0, 0.1) is 5.82 Å². The van der Waals surface area contributed by atoms with Gasteiger partial charge in [0, 0.05) is 61.7 Å². The first-order valence-corrected chi connectivity index (χ1v) is 14.2. The number of aromatic amines is 1. The molecule has 0 saturated carbocycles. The van der Waals surface area contributed by atoms with Crippen molar-refractivity contribution in [2.45, 2.75) is 0 Å². The highest BCUT2D eigenvalue weighted by Gasteiger charge is 2.17. The fourth-order valence-corrected chi connectivity index (χ4v) is 4.99. The molecule has 0 radical (unpaired) electrons. The molecule has 0 unspecified atom stereocenters. The van der Waals surface area contributed by atoms with Gasteiger partial charge in [-0.1, -0.05) is 30.3 Å². The van der Waals surface area contributed by atoms with Crippen molar-refractivity contribution >= 4 is 35.8 Å². The van der Waals surface area contributed by atoms with Crippen LogP contribution in [0.2, 0.25) is 0 Å². The number of rotatable bonds is 9. The number of ether oxygens (including phenoxy) is 3. The molecule has 0 spiro atoms. The van der Waals surface area contributed by atoms with E-state index in [1.807, 2.05) is 13.9 Å². The van der Waals surface area contributed by atoms with E-state index >= 15 is 4.39 Å². The molecule has 10 nitrogen and oxygen atoms in total. The van der Waals surface area contributed by atoms with E-state index in [1.165, 1.54) is 18.3 Å². The van der Waals surface area contributed by atoms with Gasteiger partial charge in [0.25, 0.3) is 5.91 Å². The maximum absolute atomic E-state index is 15.2. The van der Waals surface area contributed by atoms with Crippen LogP contribution >= 0.6 is 0 Å². The molecule has 1 saturated heterocycles. The Kier molecular flexibility index (Phi) is 8.62. The average molecular weight is 593 g/mol. The number of pyridine rings is 3. The number of hydrogen-bond acceptors (Lipinski definition) is 8. The lowest BCUT2D eigenvalue weighted by atomic mass is 9.94. The second-order valence-corrected chi connectivity index (χ2v) is 10.2. The van der Waals surface area contributed by atoms with Crippen molar-refractivity contribution in [1.82, 2.24) is 19.9 Å². The molecule has 1 amide bonds. The molecule has 0 atom stereocenters. The zero-order valence-electron chi connectivity index (χ0n) is 24.0. The molecule has 2 N–H and O–H groups in total. The summed E-state index contributed by atoms with van der Waals surface area (Å²) in [6.45, 7) is 4.46. The Balaban J connectivity index is 1.15. The molecule has 6 rings (SSSR count). The van der Waals surface area contributed by atoms with E-state index in [0.29, 0.717) is 40.3 Å². The van der Waals surface area contributed by atoms with Crippen molar-refractivity contribution < 1.29 is 23.4 Å². The highest BCUT2D eigenvalue weighted by Crippen LogP contribution is 2.31. The van der Waals surface area contributed by atoms with Crippen LogP contribution in [-0.2, 0) is 4.74 Å². The predicted molar refractivity (Wildman–Crippen MR) is 167 cm³/mol. The van der Waals surface area contributed by atoms with Gasteiger partial charge in [-0.3, -0.25) is 19.5 Å². The molecule has 44 heavy (non-hydrogen) atoms. The normalized spacial score (nSPS) is 13.5. The Morgan fingerprint density at radius 1 is 1.07 bits per heavy atom. The van der Waals surface area contributed by atoms with E-state index < -0.39 is 17.2 Å². The summed E-state index contributed by atoms with van der Waals surface area (Å²) in [4.78, 5) is 40.0. The van der Waals surface area contributed by atoms with Crippen LogP contribution in [0.25, 0.3) is 22.0 Å². The summed E-state index contributed by atoms with van der Waals surface area (Å²) in [7, 11) is 1.87. The molecule has 12 heteroatoms. The third kappa shape index (κ3) is 6.31. The minimum Gasteiger partial charge on any atom is -0.477 e. The Morgan fingerprint density at radius 3 is 2.68 bits per heavy atom. The largest absolute Gasteiger partial charge is 0.477 e. The number of carbonyl (C=O) groups excluding carboxylic acids is 1. The first-order chi connectivity index (χ1) is 21.5. The van der Waals surface area contributed by atoms with E-state index in [4.69, 9.17) is 14.2 Å². The lowest BCUT2D eigenvalue weighted by Crippen LogP contribution is -2.38. The third-order valence-electron chi connectivity index (χ3n) is 7.37. The van der Waals surface area contributed by atoms with Crippen molar-refractivity contribution in [2.24, 2.45) is 0 Å². The van der Waals surface area contributed by atoms with Gasteiger partial charge >= 0.3 is 0 Å². The van der Waals surface area contributed by atoms with E-state index in [2.05, 4.69) is 25.2 Å². The number of halogens is 1. The van der Waals surface area contributed by atoms with Gasteiger partial charge in [-0.2, -0.15) is 0 Å². The average Bonchev–Trinajstić information content (AvgIpc) is 3.04. The molecule has 3 aromatic heterocycles. The minimum absolute atomic E-state index is 0.0529. The number of benzene rings is 2. The number of nitrogens with one attached hydrogen (secondary N) is 2. The number of fused-ring (bicyclic) bond motifs is 1. The van der Waals surface area contributed by atoms with Crippen molar-refractivity contribution in [1.29, 1.82) is 0 Å². The first-order valence-electron chi connectivity index (χ1n) is 14.2. The lowest BCUT2D eigenvalue weighted by Gasteiger charge is -2.26. The van der Waals surface area contributed by atoms with Crippen molar-refractivity contribution in [3.8, 4) is 28.5 Å². The summed E-state index contributed by atoms with van der Waals surface area (Å²) < 4.78 is 32.4. The van der Waals surface area contributed by atoms with Gasteiger partial charge in [0.1, 0.15) is 25.8 Å². The summed E-state index contributed by atoms with van der Waals surface area (Å²) in [6.07, 6.45) is 6.04. The Morgan fingerprint density at radius 2 is 1.89 bits per heavy atom. The van der Waals surface area contributed by atoms with E-state index in [0.717, 1.165) is 44.4 Å². The van der Waals surface area contributed by atoms with Gasteiger partial charge < -0.3 is 24.5 Å². The maximum atomic E-state index is 15.2. The van der Waals surface area contributed by atoms with Gasteiger partial charge in [-0.05, 0) is 29.2 Å². The second kappa shape index (κ2) is 13.1.